The van der Waals surface area contributed by atoms with E-state index in [0.29, 0.717) is 0 Å². The zero-order valence-corrected chi connectivity index (χ0v) is 13.0. The summed E-state index contributed by atoms with van der Waals surface area (Å²) >= 11 is 0. The van der Waals surface area contributed by atoms with Crippen LogP contribution in [0.2, 0.25) is 0 Å². The van der Waals surface area contributed by atoms with Gasteiger partial charge in [-0.25, -0.2) is 10.0 Å². The van der Waals surface area contributed by atoms with Gasteiger partial charge in [0, 0.05) is 40.3 Å². The molecule has 2 aliphatic rings. The summed E-state index contributed by atoms with van der Waals surface area (Å²) in [6, 6.07) is 0. The zero-order valence-electron chi connectivity index (χ0n) is 13.0. The molecule has 0 radical (unpaired) electrons. The van der Waals surface area contributed by atoms with Gasteiger partial charge in [-0.2, -0.15) is 10.2 Å². The third kappa shape index (κ3) is 4.73. The summed E-state index contributed by atoms with van der Waals surface area (Å²) in [6.07, 6.45) is 3.86. The molecule has 0 amide bonds. The molecule has 0 unspecified atom stereocenters. The highest BCUT2D eigenvalue weighted by atomic mass is 15.5. The smallest absolute Gasteiger partial charge is 0.214 e. The van der Waals surface area contributed by atoms with Gasteiger partial charge in [0.05, 0.1) is 11.9 Å². The van der Waals surface area contributed by atoms with Crippen molar-refractivity contribution in [3.05, 3.63) is 0 Å². The van der Waals surface area contributed by atoms with Gasteiger partial charge in [0.2, 0.25) is 11.9 Å². The van der Waals surface area contributed by atoms with E-state index in [1.165, 1.54) is 0 Å². The predicted molar refractivity (Wildman–Crippen MR) is 87.0 cm³/mol. The van der Waals surface area contributed by atoms with Crippen LogP contribution in [0.1, 0.15) is 19.8 Å². The molecule has 0 aromatic carbocycles. The van der Waals surface area contributed by atoms with Crippen molar-refractivity contribution in [3.63, 3.8) is 0 Å². The molecule has 0 saturated heterocycles. The highest BCUT2D eigenvalue weighted by Crippen LogP contribution is 1.96. The van der Waals surface area contributed by atoms with Gasteiger partial charge >= 0.3 is 0 Å². The minimum absolute atomic E-state index is 0.802. The molecule has 0 atom stereocenters. The quantitative estimate of drug-likeness (QED) is 0.563. The number of rotatable bonds is 3. The Bertz CT molecular complexity index is 465. The molecule has 2 aliphatic heterocycles. The van der Waals surface area contributed by atoms with Gasteiger partial charge in [0.15, 0.2) is 0 Å². The first-order valence-corrected chi connectivity index (χ1v) is 7.30. The lowest BCUT2D eigenvalue weighted by Crippen LogP contribution is -2.40. The van der Waals surface area contributed by atoms with Crippen LogP contribution in [-0.4, -0.2) is 74.1 Å². The molecule has 8 heteroatoms. The van der Waals surface area contributed by atoms with Crippen molar-refractivity contribution < 1.29 is 0 Å². The molecular weight excluding hydrogens is 268 g/mol. The number of aliphatic imine (C=N–C) groups is 2. The van der Waals surface area contributed by atoms with Gasteiger partial charge in [-0.1, -0.05) is 0 Å². The second kappa shape index (κ2) is 7.61. The minimum Gasteiger partial charge on any atom is -0.355 e. The van der Waals surface area contributed by atoms with Gasteiger partial charge in [0.25, 0.3) is 0 Å². The Balaban J connectivity index is 1.91. The van der Waals surface area contributed by atoms with Crippen molar-refractivity contribution >= 4 is 23.8 Å². The largest absolute Gasteiger partial charge is 0.355 e. The Labute approximate surface area is 125 Å². The molecule has 0 fully saturated rings. The number of hydrogen-bond donors (Lipinski definition) is 2. The van der Waals surface area contributed by atoms with Gasteiger partial charge in [0.1, 0.15) is 0 Å². The lowest BCUT2D eigenvalue weighted by molar-refractivity contribution is 0.497. The fraction of sp³-hybridized carbons (Fsp3) is 0.692. The number of nitrogens with zero attached hydrogens (tertiary/aromatic N) is 6. The first-order chi connectivity index (χ1) is 10.2. The lowest BCUT2D eigenvalue weighted by Gasteiger charge is -2.21. The summed E-state index contributed by atoms with van der Waals surface area (Å²) in [5.74, 6) is 1.61. The molecule has 0 aromatic heterocycles. The van der Waals surface area contributed by atoms with E-state index in [0.717, 1.165) is 56.7 Å². The van der Waals surface area contributed by atoms with Crippen LogP contribution in [0.5, 0.6) is 0 Å². The topological polar surface area (TPSA) is 80.0 Å². The van der Waals surface area contributed by atoms with E-state index in [1.807, 2.05) is 21.0 Å². The monoisotopic (exact) mass is 292 g/mol. The van der Waals surface area contributed by atoms with Crippen LogP contribution in [0.4, 0.5) is 0 Å². The summed E-state index contributed by atoms with van der Waals surface area (Å²) in [5, 5.41) is 18.7. The molecule has 0 bridgehead atoms. The van der Waals surface area contributed by atoms with Crippen molar-refractivity contribution in [2.24, 2.45) is 20.2 Å². The third-order valence-corrected chi connectivity index (χ3v) is 3.10. The summed E-state index contributed by atoms with van der Waals surface area (Å²) in [4.78, 5) is 8.77. The van der Waals surface area contributed by atoms with Crippen molar-refractivity contribution in [2.75, 3.05) is 40.3 Å². The highest BCUT2D eigenvalue weighted by molar-refractivity contribution is 6.29. The fourth-order valence-corrected chi connectivity index (χ4v) is 2.01. The maximum atomic E-state index is 4.44. The molecule has 2 N–H and O–H groups in total. The minimum atomic E-state index is 0.802. The SMILES string of the molecule is CC(/C=N\N(C)C1=NCCCN1)=N/N(C)C1=NCCCN1. The Morgan fingerprint density at radius 3 is 2.14 bits per heavy atom. The van der Waals surface area contributed by atoms with Crippen LogP contribution in [0, 0.1) is 0 Å². The Morgan fingerprint density at radius 2 is 1.62 bits per heavy atom. The molecular formula is C13H24N8. The van der Waals surface area contributed by atoms with Crippen molar-refractivity contribution in [3.8, 4) is 0 Å². The standard InChI is InChI=1S/C13H24N8/c1-11(19-21(3)13-16-8-5-9-17-13)10-18-20(2)12-14-6-4-7-15-12/h10H,4-9H2,1-3H3,(H,14,15)(H,16,17)/b18-10-,19-11-. The zero-order chi connectivity index (χ0) is 15.1. The molecule has 8 nitrogen and oxygen atoms in total. The maximum absolute atomic E-state index is 4.44. The van der Waals surface area contributed by atoms with Gasteiger partial charge < -0.3 is 10.6 Å². The van der Waals surface area contributed by atoms with E-state index in [9.17, 15) is 0 Å². The Kier molecular flexibility index (Phi) is 5.53. The molecule has 2 rings (SSSR count). The second-order valence-corrected chi connectivity index (χ2v) is 5.00. The molecule has 0 spiro atoms. The van der Waals surface area contributed by atoms with E-state index in [1.54, 1.807) is 16.2 Å². The van der Waals surface area contributed by atoms with Crippen LogP contribution in [-0.2, 0) is 0 Å². The first kappa shape index (κ1) is 15.3. The molecule has 0 saturated carbocycles. The molecule has 21 heavy (non-hydrogen) atoms. The summed E-state index contributed by atoms with van der Waals surface area (Å²) in [6.45, 7) is 5.50. The average molecular weight is 292 g/mol. The lowest BCUT2D eigenvalue weighted by atomic mass is 10.4. The van der Waals surface area contributed by atoms with E-state index in [-0.39, 0.29) is 0 Å². The van der Waals surface area contributed by atoms with E-state index in [2.05, 4.69) is 30.8 Å². The predicted octanol–water partition coefficient (Wildman–Crippen LogP) is -0.0897. The third-order valence-electron chi connectivity index (χ3n) is 3.10. The number of nitrogens with one attached hydrogen (secondary N) is 2. The van der Waals surface area contributed by atoms with Crippen LogP contribution in [0.3, 0.4) is 0 Å². The summed E-state index contributed by atoms with van der Waals surface area (Å²) in [7, 11) is 3.75. The van der Waals surface area contributed by atoms with Crippen LogP contribution < -0.4 is 10.6 Å². The summed E-state index contributed by atoms with van der Waals surface area (Å²) in [5.41, 5.74) is 0.802. The van der Waals surface area contributed by atoms with Crippen molar-refractivity contribution in [1.29, 1.82) is 0 Å². The van der Waals surface area contributed by atoms with Crippen molar-refractivity contribution in [2.45, 2.75) is 19.8 Å². The summed E-state index contributed by atoms with van der Waals surface area (Å²) < 4.78 is 0. The van der Waals surface area contributed by atoms with Crippen LogP contribution >= 0.6 is 0 Å². The molecule has 0 aromatic rings. The van der Waals surface area contributed by atoms with E-state index in [4.69, 9.17) is 0 Å². The first-order valence-electron chi connectivity index (χ1n) is 7.30. The van der Waals surface area contributed by atoms with Gasteiger partial charge in [-0.15, -0.1) is 0 Å². The Morgan fingerprint density at radius 1 is 1.05 bits per heavy atom. The molecule has 116 valence electrons. The van der Waals surface area contributed by atoms with E-state index >= 15 is 0 Å². The average Bonchev–Trinajstić information content (AvgIpc) is 2.54. The fourth-order valence-electron chi connectivity index (χ4n) is 2.01. The van der Waals surface area contributed by atoms with Crippen LogP contribution in [0.25, 0.3) is 0 Å². The maximum Gasteiger partial charge on any atom is 0.214 e. The van der Waals surface area contributed by atoms with Crippen molar-refractivity contribution in [1.82, 2.24) is 20.7 Å². The number of guanidine groups is 2. The van der Waals surface area contributed by atoms with Gasteiger partial charge in [-0.05, 0) is 19.8 Å². The van der Waals surface area contributed by atoms with Gasteiger partial charge in [-0.3, -0.25) is 9.98 Å². The number of hydrazone groups is 2. The molecule has 0 aliphatic carbocycles. The van der Waals surface area contributed by atoms with Crippen LogP contribution in [0.15, 0.2) is 20.2 Å². The molecule has 2 heterocycles. The number of hydrogen-bond acceptors (Lipinski definition) is 8. The van der Waals surface area contributed by atoms with E-state index < -0.39 is 0 Å². The Hall–Kier alpha value is -2.12. The second-order valence-electron chi connectivity index (χ2n) is 5.00. The highest BCUT2D eigenvalue weighted by Gasteiger charge is 2.09. The normalized spacial score (nSPS) is 19.5.